The van der Waals surface area contributed by atoms with Gasteiger partial charge >= 0.3 is 0 Å². The van der Waals surface area contributed by atoms with Crippen molar-refractivity contribution >= 4 is 29.9 Å². The number of nitrogens with one attached hydrogen (secondary N) is 2. The molecule has 2 rings (SSSR count). The molecule has 0 radical (unpaired) electrons. The molecule has 2 N–H and O–H groups in total. The van der Waals surface area contributed by atoms with Crippen LogP contribution < -0.4 is 10.6 Å². The lowest BCUT2D eigenvalue weighted by molar-refractivity contribution is -0.123. The van der Waals surface area contributed by atoms with Crippen molar-refractivity contribution in [3.05, 3.63) is 34.9 Å². The Hall–Kier alpha value is -0.810. The van der Waals surface area contributed by atoms with Crippen LogP contribution in [-0.2, 0) is 4.79 Å². The molecule has 0 spiro atoms. The second-order valence-electron chi connectivity index (χ2n) is 6.35. The minimum Gasteiger partial charge on any atom is -0.352 e. The molecule has 23 heavy (non-hydrogen) atoms. The predicted octanol–water partition coefficient (Wildman–Crippen LogP) is 2.87. The smallest absolute Gasteiger partial charge is 0.234 e. The lowest BCUT2D eigenvalue weighted by Gasteiger charge is -2.36. The highest BCUT2D eigenvalue weighted by atomic mass is 35.5. The van der Waals surface area contributed by atoms with Crippen molar-refractivity contribution in [2.24, 2.45) is 5.92 Å². The summed E-state index contributed by atoms with van der Waals surface area (Å²) < 4.78 is 0. The lowest BCUT2D eigenvalue weighted by atomic mass is 10.0. The molecule has 1 aliphatic rings. The second kappa shape index (κ2) is 9.48. The summed E-state index contributed by atoms with van der Waals surface area (Å²) in [6.45, 7) is 9.32. The molecule has 1 aliphatic heterocycles. The molecule has 2 atom stereocenters. The van der Waals surface area contributed by atoms with Crippen LogP contribution in [0.2, 0.25) is 5.02 Å². The van der Waals surface area contributed by atoms with Gasteiger partial charge in [-0.2, -0.15) is 0 Å². The molecule has 130 valence electrons. The van der Waals surface area contributed by atoms with Gasteiger partial charge in [-0.1, -0.05) is 37.6 Å². The van der Waals surface area contributed by atoms with Gasteiger partial charge in [0.05, 0.1) is 6.54 Å². The van der Waals surface area contributed by atoms with E-state index in [1.54, 1.807) is 0 Å². The van der Waals surface area contributed by atoms with Gasteiger partial charge in [0.1, 0.15) is 0 Å². The average Bonchev–Trinajstić information content (AvgIpc) is 2.47. The maximum Gasteiger partial charge on any atom is 0.234 e. The van der Waals surface area contributed by atoms with Crippen molar-refractivity contribution in [1.29, 1.82) is 0 Å². The first-order chi connectivity index (χ1) is 10.5. The number of hydrogen-bond donors (Lipinski definition) is 2. The Morgan fingerprint density at radius 3 is 2.83 bits per heavy atom. The van der Waals surface area contributed by atoms with Gasteiger partial charge in [0.25, 0.3) is 0 Å². The normalized spacial score (nSPS) is 20.0. The standard InChI is InChI=1S/C17H26ClN3O.ClH/c1-12(2)13(3)20-17(22)11-21-8-7-19-10-16(21)14-5-4-6-15(18)9-14;/h4-6,9,12-13,16,19H,7-8,10-11H2,1-3H3,(H,20,22);1H. The molecule has 6 heteroatoms. The SMILES string of the molecule is CC(C)C(C)NC(=O)CN1CCNCC1c1cccc(Cl)c1.Cl. The van der Waals surface area contributed by atoms with Crippen molar-refractivity contribution in [2.75, 3.05) is 26.2 Å². The Morgan fingerprint density at radius 1 is 1.43 bits per heavy atom. The van der Waals surface area contributed by atoms with Crippen LogP contribution in [0.4, 0.5) is 0 Å². The highest BCUT2D eigenvalue weighted by molar-refractivity contribution is 6.30. The quantitative estimate of drug-likeness (QED) is 0.849. The van der Waals surface area contributed by atoms with Crippen molar-refractivity contribution in [3.8, 4) is 0 Å². The molecular formula is C17H27Cl2N3O. The molecule has 1 fully saturated rings. The molecule has 1 saturated heterocycles. The monoisotopic (exact) mass is 359 g/mol. The van der Waals surface area contributed by atoms with E-state index in [2.05, 4.69) is 42.4 Å². The van der Waals surface area contributed by atoms with Gasteiger partial charge in [-0.05, 0) is 30.5 Å². The van der Waals surface area contributed by atoms with Crippen LogP contribution in [0, 0.1) is 5.92 Å². The molecule has 1 aromatic rings. The first-order valence-electron chi connectivity index (χ1n) is 7.97. The van der Waals surface area contributed by atoms with Gasteiger partial charge in [-0.3, -0.25) is 9.69 Å². The van der Waals surface area contributed by atoms with Crippen LogP contribution in [0.1, 0.15) is 32.4 Å². The number of rotatable bonds is 5. The summed E-state index contributed by atoms with van der Waals surface area (Å²) in [5, 5.41) is 7.22. The van der Waals surface area contributed by atoms with Crippen molar-refractivity contribution in [2.45, 2.75) is 32.9 Å². The number of hydrogen-bond acceptors (Lipinski definition) is 3. The largest absolute Gasteiger partial charge is 0.352 e. The van der Waals surface area contributed by atoms with E-state index in [1.807, 2.05) is 18.2 Å². The lowest BCUT2D eigenvalue weighted by Crippen LogP contribution is -2.50. The van der Waals surface area contributed by atoms with Crippen LogP contribution >= 0.6 is 24.0 Å². The van der Waals surface area contributed by atoms with Crippen LogP contribution in [-0.4, -0.2) is 43.0 Å². The molecule has 1 amide bonds. The fraction of sp³-hybridized carbons (Fsp3) is 0.588. The summed E-state index contributed by atoms with van der Waals surface area (Å²) >= 11 is 6.10. The summed E-state index contributed by atoms with van der Waals surface area (Å²) in [4.78, 5) is 14.5. The van der Waals surface area contributed by atoms with Gasteiger partial charge in [0.15, 0.2) is 0 Å². The fourth-order valence-electron chi connectivity index (χ4n) is 2.63. The number of nitrogens with zero attached hydrogens (tertiary/aromatic N) is 1. The molecular weight excluding hydrogens is 333 g/mol. The number of amides is 1. The van der Waals surface area contributed by atoms with Gasteiger partial charge in [-0.15, -0.1) is 12.4 Å². The maximum absolute atomic E-state index is 12.3. The van der Waals surface area contributed by atoms with E-state index >= 15 is 0 Å². The zero-order chi connectivity index (χ0) is 16.1. The minimum absolute atomic E-state index is 0. The molecule has 0 aromatic heterocycles. The van der Waals surface area contributed by atoms with Gasteiger partial charge in [-0.25, -0.2) is 0 Å². The van der Waals surface area contributed by atoms with Gasteiger partial charge in [0, 0.05) is 36.7 Å². The third kappa shape index (κ3) is 5.96. The molecule has 0 bridgehead atoms. The van der Waals surface area contributed by atoms with Crippen molar-refractivity contribution in [3.63, 3.8) is 0 Å². The molecule has 4 nitrogen and oxygen atoms in total. The number of carbonyl (C=O) groups is 1. The van der Waals surface area contributed by atoms with Crippen molar-refractivity contribution in [1.82, 2.24) is 15.5 Å². The van der Waals surface area contributed by atoms with Crippen LogP contribution in [0.15, 0.2) is 24.3 Å². The molecule has 1 heterocycles. The topological polar surface area (TPSA) is 44.4 Å². The number of halogens is 2. The molecule has 0 aliphatic carbocycles. The number of piperazine rings is 1. The predicted molar refractivity (Wildman–Crippen MR) is 98.3 cm³/mol. The van der Waals surface area contributed by atoms with E-state index in [0.29, 0.717) is 12.5 Å². The Bertz CT molecular complexity index is 510. The highest BCUT2D eigenvalue weighted by Crippen LogP contribution is 2.24. The maximum atomic E-state index is 12.3. The third-order valence-corrected chi connectivity index (χ3v) is 4.56. The van der Waals surface area contributed by atoms with Gasteiger partial charge in [0.2, 0.25) is 5.91 Å². The van der Waals surface area contributed by atoms with E-state index in [1.165, 1.54) is 0 Å². The van der Waals surface area contributed by atoms with E-state index < -0.39 is 0 Å². The van der Waals surface area contributed by atoms with Gasteiger partial charge < -0.3 is 10.6 Å². The molecule has 2 unspecified atom stereocenters. The first kappa shape index (κ1) is 20.2. The Balaban J connectivity index is 0.00000264. The Kier molecular flexibility index (Phi) is 8.34. The van der Waals surface area contributed by atoms with E-state index in [4.69, 9.17) is 11.6 Å². The minimum atomic E-state index is 0. The average molecular weight is 360 g/mol. The van der Waals surface area contributed by atoms with Crippen LogP contribution in [0.3, 0.4) is 0 Å². The summed E-state index contributed by atoms with van der Waals surface area (Å²) in [6, 6.07) is 8.28. The number of benzene rings is 1. The Labute approximate surface area is 150 Å². The summed E-state index contributed by atoms with van der Waals surface area (Å²) in [5.41, 5.74) is 1.16. The summed E-state index contributed by atoms with van der Waals surface area (Å²) in [5.74, 6) is 0.533. The molecule has 0 saturated carbocycles. The van der Waals surface area contributed by atoms with E-state index in [0.717, 1.165) is 30.2 Å². The second-order valence-corrected chi connectivity index (χ2v) is 6.78. The molecule has 1 aromatic carbocycles. The first-order valence-corrected chi connectivity index (χ1v) is 8.34. The summed E-state index contributed by atoms with van der Waals surface area (Å²) in [7, 11) is 0. The van der Waals surface area contributed by atoms with Crippen molar-refractivity contribution < 1.29 is 4.79 Å². The highest BCUT2D eigenvalue weighted by Gasteiger charge is 2.26. The van der Waals surface area contributed by atoms with E-state index in [9.17, 15) is 4.79 Å². The summed E-state index contributed by atoms with van der Waals surface area (Å²) in [6.07, 6.45) is 0. The van der Waals surface area contributed by atoms with Crippen LogP contribution in [0.25, 0.3) is 0 Å². The van der Waals surface area contributed by atoms with Crippen LogP contribution in [0.5, 0.6) is 0 Å². The van der Waals surface area contributed by atoms with E-state index in [-0.39, 0.29) is 30.4 Å². The zero-order valence-electron chi connectivity index (χ0n) is 14.0. The number of carbonyl (C=O) groups excluding carboxylic acids is 1. The third-order valence-electron chi connectivity index (χ3n) is 4.32. The Morgan fingerprint density at radius 2 is 2.17 bits per heavy atom. The zero-order valence-corrected chi connectivity index (χ0v) is 15.6. The fourth-order valence-corrected chi connectivity index (χ4v) is 2.83.